The molecule has 0 aliphatic carbocycles. The first-order valence-corrected chi connectivity index (χ1v) is 10.2. The van der Waals surface area contributed by atoms with Crippen LogP contribution in [-0.4, -0.2) is 26.2 Å². The zero-order valence-electron chi connectivity index (χ0n) is 17.3. The summed E-state index contributed by atoms with van der Waals surface area (Å²) in [5.41, 5.74) is 3.37. The molecule has 1 aromatic heterocycles. The van der Waals surface area contributed by atoms with Gasteiger partial charge in [0.15, 0.2) is 10.6 Å². The number of aromatic nitrogens is 3. The first-order chi connectivity index (χ1) is 14.4. The minimum atomic E-state index is -0.208. The van der Waals surface area contributed by atoms with Crippen LogP contribution in [0.3, 0.4) is 0 Å². The topological polar surface area (TPSA) is 81.0 Å². The minimum absolute atomic E-state index is 0.00351. The van der Waals surface area contributed by atoms with E-state index in [0.717, 1.165) is 23.2 Å². The van der Waals surface area contributed by atoms with E-state index in [1.807, 2.05) is 56.3 Å². The normalized spacial score (nSPS) is 10.6. The summed E-state index contributed by atoms with van der Waals surface area (Å²) in [6.07, 6.45) is 0.824. The summed E-state index contributed by atoms with van der Waals surface area (Å²) in [7, 11) is 1.77. The number of amides is 2. The third-order valence-corrected chi connectivity index (χ3v) is 5.38. The van der Waals surface area contributed by atoms with E-state index in [1.165, 1.54) is 4.68 Å². The van der Waals surface area contributed by atoms with Gasteiger partial charge in [0, 0.05) is 18.3 Å². The van der Waals surface area contributed by atoms with E-state index in [4.69, 9.17) is 12.2 Å². The van der Waals surface area contributed by atoms with Gasteiger partial charge in [0.25, 0.3) is 5.91 Å². The Bertz CT molecular complexity index is 1130. The molecule has 0 spiro atoms. The standard InChI is InChI=1S/C22H25N5O2S/c1-4-16-10-6-8-12-18(16)24-20(28)14-27-22(30)26(3)19(25-27)13-23-21(29)17-11-7-5-9-15(17)2/h5-12H,4,13-14H2,1-3H3,(H,23,29)(H,24,28). The molecule has 2 aromatic carbocycles. The molecule has 0 fully saturated rings. The SMILES string of the molecule is CCc1ccccc1NC(=O)Cn1nc(CNC(=O)c2ccccc2C)n(C)c1=S. The molecular weight excluding hydrogens is 398 g/mol. The molecule has 156 valence electrons. The quantitative estimate of drug-likeness (QED) is 0.571. The highest BCUT2D eigenvalue weighted by atomic mass is 32.1. The molecule has 7 nitrogen and oxygen atoms in total. The Hall–Kier alpha value is -3.26. The predicted octanol–water partition coefficient (Wildman–Crippen LogP) is 3.39. The summed E-state index contributed by atoms with van der Waals surface area (Å²) in [4.78, 5) is 25.0. The first-order valence-electron chi connectivity index (χ1n) is 9.75. The van der Waals surface area contributed by atoms with E-state index in [-0.39, 0.29) is 24.9 Å². The lowest BCUT2D eigenvalue weighted by molar-refractivity contribution is -0.116. The highest BCUT2D eigenvalue weighted by Gasteiger charge is 2.14. The predicted molar refractivity (Wildman–Crippen MR) is 119 cm³/mol. The van der Waals surface area contributed by atoms with Crippen molar-refractivity contribution in [2.75, 3.05) is 5.32 Å². The fourth-order valence-corrected chi connectivity index (χ4v) is 3.36. The fraction of sp³-hybridized carbons (Fsp3) is 0.273. The third kappa shape index (κ3) is 4.83. The molecule has 0 radical (unpaired) electrons. The zero-order chi connectivity index (χ0) is 21.7. The Morgan fingerprint density at radius 3 is 2.53 bits per heavy atom. The summed E-state index contributed by atoms with van der Waals surface area (Å²) < 4.78 is 3.57. The molecule has 0 bridgehead atoms. The minimum Gasteiger partial charge on any atom is -0.345 e. The fourth-order valence-electron chi connectivity index (χ4n) is 3.15. The molecule has 8 heteroatoms. The molecule has 2 N–H and O–H groups in total. The number of aryl methyl sites for hydroxylation is 2. The molecule has 3 aromatic rings. The van der Waals surface area contributed by atoms with Crippen LogP contribution in [0.25, 0.3) is 0 Å². The number of benzene rings is 2. The highest BCUT2D eigenvalue weighted by molar-refractivity contribution is 7.71. The second-order valence-corrected chi connectivity index (χ2v) is 7.34. The Labute approximate surface area is 180 Å². The molecule has 0 atom stereocenters. The van der Waals surface area contributed by atoms with Gasteiger partial charge in [0.1, 0.15) is 6.54 Å². The van der Waals surface area contributed by atoms with Crippen LogP contribution in [0.2, 0.25) is 0 Å². The number of hydrogen-bond acceptors (Lipinski definition) is 4. The lowest BCUT2D eigenvalue weighted by atomic mass is 10.1. The monoisotopic (exact) mass is 423 g/mol. The van der Waals surface area contributed by atoms with Crippen LogP contribution in [0.5, 0.6) is 0 Å². The van der Waals surface area contributed by atoms with Crippen molar-refractivity contribution in [3.8, 4) is 0 Å². The Balaban J connectivity index is 1.67. The second kappa shape index (κ2) is 9.49. The van der Waals surface area contributed by atoms with Gasteiger partial charge in [-0.2, -0.15) is 5.10 Å². The summed E-state index contributed by atoms with van der Waals surface area (Å²) in [6, 6.07) is 15.1. The molecule has 30 heavy (non-hydrogen) atoms. The number of para-hydroxylation sites is 1. The van der Waals surface area contributed by atoms with Gasteiger partial charge in [0.2, 0.25) is 5.91 Å². The van der Waals surface area contributed by atoms with Crippen LogP contribution < -0.4 is 10.6 Å². The lowest BCUT2D eigenvalue weighted by Crippen LogP contribution is -2.25. The zero-order valence-corrected chi connectivity index (χ0v) is 18.1. The molecule has 0 saturated carbocycles. The van der Waals surface area contributed by atoms with Gasteiger partial charge in [-0.25, -0.2) is 4.68 Å². The van der Waals surface area contributed by atoms with E-state index >= 15 is 0 Å². The largest absolute Gasteiger partial charge is 0.345 e. The number of nitrogens with one attached hydrogen (secondary N) is 2. The maximum absolute atomic E-state index is 12.5. The Morgan fingerprint density at radius 2 is 1.80 bits per heavy atom. The van der Waals surface area contributed by atoms with Gasteiger partial charge in [-0.05, 0) is 48.8 Å². The van der Waals surface area contributed by atoms with Crippen molar-refractivity contribution >= 4 is 29.7 Å². The summed E-state index contributed by atoms with van der Waals surface area (Å²) in [5.74, 6) is 0.187. The molecule has 2 amide bonds. The average molecular weight is 424 g/mol. The van der Waals surface area contributed by atoms with E-state index in [9.17, 15) is 9.59 Å². The molecule has 0 unspecified atom stereocenters. The summed E-state index contributed by atoms with van der Waals surface area (Å²) in [5, 5.41) is 10.2. The molecular formula is C22H25N5O2S. The van der Waals surface area contributed by atoms with E-state index in [2.05, 4.69) is 15.7 Å². The number of carbonyl (C=O) groups excluding carboxylic acids is 2. The van der Waals surface area contributed by atoms with E-state index in [1.54, 1.807) is 17.7 Å². The molecule has 3 rings (SSSR count). The van der Waals surface area contributed by atoms with Gasteiger partial charge in [0.05, 0.1) is 6.54 Å². The van der Waals surface area contributed by atoms with Crippen LogP contribution in [-0.2, 0) is 31.4 Å². The number of anilines is 1. The van der Waals surface area contributed by atoms with Crippen molar-refractivity contribution in [2.45, 2.75) is 33.4 Å². The Kier molecular flexibility index (Phi) is 6.79. The molecule has 0 saturated heterocycles. The van der Waals surface area contributed by atoms with Crippen molar-refractivity contribution in [1.82, 2.24) is 19.7 Å². The van der Waals surface area contributed by atoms with Crippen molar-refractivity contribution in [1.29, 1.82) is 0 Å². The maximum atomic E-state index is 12.5. The van der Waals surface area contributed by atoms with Crippen LogP contribution in [0, 0.1) is 11.7 Å². The summed E-state index contributed by atoms with van der Waals surface area (Å²) >= 11 is 5.41. The third-order valence-electron chi connectivity index (χ3n) is 4.89. The summed E-state index contributed by atoms with van der Waals surface area (Å²) in [6.45, 7) is 4.13. The van der Waals surface area contributed by atoms with Crippen LogP contribution >= 0.6 is 12.2 Å². The van der Waals surface area contributed by atoms with Gasteiger partial charge in [-0.3, -0.25) is 9.59 Å². The van der Waals surface area contributed by atoms with Gasteiger partial charge < -0.3 is 15.2 Å². The molecule has 1 heterocycles. The number of nitrogens with zero attached hydrogens (tertiary/aromatic N) is 3. The maximum Gasteiger partial charge on any atom is 0.251 e. The smallest absolute Gasteiger partial charge is 0.251 e. The average Bonchev–Trinajstić information content (AvgIpc) is 3.00. The van der Waals surface area contributed by atoms with Gasteiger partial charge in [-0.15, -0.1) is 0 Å². The van der Waals surface area contributed by atoms with Crippen LogP contribution in [0.4, 0.5) is 5.69 Å². The van der Waals surface area contributed by atoms with Gasteiger partial charge in [-0.1, -0.05) is 43.3 Å². The van der Waals surface area contributed by atoms with Crippen LogP contribution in [0.1, 0.15) is 34.2 Å². The Morgan fingerprint density at radius 1 is 1.10 bits per heavy atom. The highest BCUT2D eigenvalue weighted by Crippen LogP contribution is 2.15. The van der Waals surface area contributed by atoms with Crippen molar-refractivity contribution in [3.63, 3.8) is 0 Å². The number of carbonyl (C=O) groups is 2. The van der Waals surface area contributed by atoms with Gasteiger partial charge >= 0.3 is 0 Å². The van der Waals surface area contributed by atoms with E-state index in [0.29, 0.717) is 16.2 Å². The molecule has 0 aliphatic heterocycles. The van der Waals surface area contributed by atoms with Crippen molar-refractivity contribution < 1.29 is 9.59 Å². The molecule has 0 aliphatic rings. The van der Waals surface area contributed by atoms with Crippen molar-refractivity contribution in [3.05, 3.63) is 75.8 Å². The number of hydrogen-bond donors (Lipinski definition) is 2. The van der Waals surface area contributed by atoms with Crippen LogP contribution in [0.15, 0.2) is 48.5 Å². The lowest BCUT2D eigenvalue weighted by Gasteiger charge is -2.09. The second-order valence-electron chi connectivity index (χ2n) is 6.97. The van der Waals surface area contributed by atoms with Crippen molar-refractivity contribution in [2.24, 2.45) is 7.05 Å². The first kappa shape index (κ1) is 21.4. The number of rotatable bonds is 7. The van der Waals surface area contributed by atoms with E-state index < -0.39 is 0 Å².